The molecule has 0 aliphatic carbocycles. The van der Waals surface area contributed by atoms with E-state index in [-0.39, 0.29) is 0 Å². The van der Waals surface area contributed by atoms with Crippen molar-refractivity contribution >= 4 is 21.9 Å². The summed E-state index contributed by atoms with van der Waals surface area (Å²) in [7, 11) is 0. The van der Waals surface area contributed by atoms with Crippen LogP contribution in [0.15, 0.2) is 10.7 Å². The summed E-state index contributed by atoms with van der Waals surface area (Å²) in [6.45, 7) is 8.97. The Balaban J connectivity index is 2.39. The predicted octanol–water partition coefficient (Wildman–Crippen LogP) is 3.11. The lowest BCUT2D eigenvalue weighted by Gasteiger charge is -2.10. The average Bonchev–Trinajstić information content (AvgIpc) is 2.38. The zero-order valence-corrected chi connectivity index (χ0v) is 13.4. The summed E-state index contributed by atoms with van der Waals surface area (Å²) in [5, 5.41) is 3.12. The third kappa shape index (κ3) is 6.73. The Morgan fingerprint density at radius 3 is 2.84 bits per heavy atom. The van der Waals surface area contributed by atoms with Gasteiger partial charge in [-0.1, -0.05) is 20.8 Å². The van der Waals surface area contributed by atoms with Crippen LogP contribution in [-0.2, 0) is 4.74 Å². The first-order chi connectivity index (χ1) is 9.13. The van der Waals surface area contributed by atoms with Crippen LogP contribution in [0.3, 0.4) is 0 Å². The molecular weight excluding hydrogens is 310 g/mol. The molecule has 0 atom stereocenters. The molecule has 0 radical (unpaired) electrons. The zero-order chi connectivity index (χ0) is 14.1. The third-order valence-corrected chi connectivity index (χ3v) is 2.71. The minimum absolute atomic E-state index is 0.482. The Kier molecular flexibility index (Phi) is 7.74. The topological polar surface area (TPSA) is 56.3 Å². The molecule has 6 heteroatoms. The molecule has 0 bridgehead atoms. The summed E-state index contributed by atoms with van der Waals surface area (Å²) in [4.78, 5) is 8.46. The fourth-order valence-corrected chi connectivity index (χ4v) is 1.60. The highest BCUT2D eigenvalue weighted by Crippen LogP contribution is 2.22. The molecule has 0 fully saturated rings. The molecule has 0 unspecified atom stereocenters. The number of nitrogens with one attached hydrogen (secondary N) is 1. The number of aromatic nitrogens is 2. The van der Waals surface area contributed by atoms with E-state index < -0.39 is 0 Å². The van der Waals surface area contributed by atoms with Crippen molar-refractivity contribution in [3.8, 4) is 5.88 Å². The van der Waals surface area contributed by atoms with Crippen molar-refractivity contribution in [3.63, 3.8) is 0 Å². The maximum Gasteiger partial charge on any atom is 0.232 e. The number of rotatable bonds is 9. The Labute approximate surface area is 123 Å². The van der Waals surface area contributed by atoms with Crippen molar-refractivity contribution in [2.75, 3.05) is 31.7 Å². The van der Waals surface area contributed by atoms with E-state index in [1.165, 1.54) is 0 Å². The lowest BCUT2D eigenvalue weighted by molar-refractivity contribution is 0.0804. The summed E-state index contributed by atoms with van der Waals surface area (Å²) in [6.07, 6.45) is 2.72. The molecule has 0 aliphatic heterocycles. The van der Waals surface area contributed by atoms with Crippen molar-refractivity contribution in [2.24, 2.45) is 5.92 Å². The lowest BCUT2D eigenvalue weighted by atomic mass is 10.2. The first-order valence-electron chi connectivity index (χ1n) is 6.60. The zero-order valence-electron chi connectivity index (χ0n) is 11.8. The van der Waals surface area contributed by atoms with Crippen LogP contribution in [0.25, 0.3) is 0 Å². The summed E-state index contributed by atoms with van der Waals surface area (Å²) in [5.41, 5.74) is 0. The molecule has 1 aromatic heterocycles. The van der Waals surface area contributed by atoms with E-state index >= 15 is 0 Å². The van der Waals surface area contributed by atoms with E-state index in [4.69, 9.17) is 9.47 Å². The number of hydrogen-bond acceptors (Lipinski definition) is 5. The van der Waals surface area contributed by atoms with Crippen LogP contribution >= 0.6 is 15.9 Å². The van der Waals surface area contributed by atoms with E-state index in [0.717, 1.165) is 24.0 Å². The molecule has 0 aliphatic rings. The normalized spacial score (nSPS) is 10.8. The highest BCUT2D eigenvalue weighted by atomic mass is 79.9. The fourth-order valence-electron chi connectivity index (χ4n) is 1.29. The van der Waals surface area contributed by atoms with Crippen molar-refractivity contribution in [1.82, 2.24) is 9.97 Å². The largest absolute Gasteiger partial charge is 0.474 e. The van der Waals surface area contributed by atoms with E-state index in [1.54, 1.807) is 6.20 Å². The second-order valence-electron chi connectivity index (χ2n) is 4.59. The molecule has 1 aromatic rings. The number of ether oxygens (including phenoxy) is 2. The van der Waals surface area contributed by atoms with Gasteiger partial charge in [-0.3, -0.25) is 0 Å². The fraction of sp³-hybridized carbons (Fsp3) is 0.692. The van der Waals surface area contributed by atoms with Crippen molar-refractivity contribution in [2.45, 2.75) is 27.2 Å². The molecule has 0 amide bonds. The minimum Gasteiger partial charge on any atom is -0.474 e. The molecule has 5 nitrogen and oxygen atoms in total. The quantitative estimate of drug-likeness (QED) is 0.704. The smallest absolute Gasteiger partial charge is 0.232 e. The van der Waals surface area contributed by atoms with Gasteiger partial charge in [0.1, 0.15) is 6.61 Å². The van der Waals surface area contributed by atoms with Crippen LogP contribution in [0.1, 0.15) is 27.2 Å². The monoisotopic (exact) mass is 331 g/mol. The second kappa shape index (κ2) is 9.09. The lowest BCUT2D eigenvalue weighted by Crippen LogP contribution is -2.12. The third-order valence-electron chi connectivity index (χ3n) is 2.16. The van der Waals surface area contributed by atoms with Crippen LogP contribution in [0.4, 0.5) is 5.95 Å². The van der Waals surface area contributed by atoms with Crippen LogP contribution in [-0.4, -0.2) is 36.3 Å². The molecule has 0 spiro atoms. The Hall–Kier alpha value is -0.880. The van der Waals surface area contributed by atoms with Crippen molar-refractivity contribution < 1.29 is 9.47 Å². The molecule has 108 valence electrons. The molecule has 0 aromatic carbocycles. The first-order valence-corrected chi connectivity index (χ1v) is 7.39. The van der Waals surface area contributed by atoms with Gasteiger partial charge in [0.25, 0.3) is 0 Å². The first kappa shape index (κ1) is 16.2. The van der Waals surface area contributed by atoms with E-state index in [1.807, 2.05) is 0 Å². The standard InChI is InChI=1S/C13H22BrN3O2/c1-4-5-15-13-16-8-11(14)12(17-13)19-7-6-18-9-10(2)3/h8,10H,4-7,9H2,1-3H3,(H,15,16,17). The number of anilines is 1. The van der Waals surface area contributed by atoms with Gasteiger partial charge in [0, 0.05) is 13.2 Å². The number of hydrogen-bond donors (Lipinski definition) is 1. The van der Waals surface area contributed by atoms with E-state index in [2.05, 4.69) is 52.0 Å². The van der Waals surface area contributed by atoms with Crippen LogP contribution in [0, 0.1) is 5.92 Å². The van der Waals surface area contributed by atoms with Gasteiger partial charge < -0.3 is 14.8 Å². The van der Waals surface area contributed by atoms with Gasteiger partial charge in [-0.15, -0.1) is 0 Å². The summed E-state index contributed by atoms with van der Waals surface area (Å²) < 4.78 is 11.8. The van der Waals surface area contributed by atoms with Gasteiger partial charge in [-0.05, 0) is 28.3 Å². The van der Waals surface area contributed by atoms with Gasteiger partial charge in [0.05, 0.1) is 17.3 Å². The highest BCUT2D eigenvalue weighted by molar-refractivity contribution is 9.10. The number of nitrogens with zero attached hydrogens (tertiary/aromatic N) is 2. The Bertz CT molecular complexity index is 375. The molecule has 1 N–H and O–H groups in total. The summed E-state index contributed by atoms with van der Waals surface area (Å²) in [5.74, 6) is 1.67. The van der Waals surface area contributed by atoms with Gasteiger partial charge in [0.2, 0.25) is 11.8 Å². The molecule has 19 heavy (non-hydrogen) atoms. The summed E-state index contributed by atoms with van der Waals surface area (Å²) >= 11 is 3.37. The van der Waals surface area contributed by atoms with E-state index in [0.29, 0.717) is 31.0 Å². The van der Waals surface area contributed by atoms with E-state index in [9.17, 15) is 0 Å². The van der Waals surface area contributed by atoms with Gasteiger partial charge in [-0.2, -0.15) is 4.98 Å². The van der Waals surface area contributed by atoms with Crippen LogP contribution < -0.4 is 10.1 Å². The molecular formula is C13H22BrN3O2. The van der Waals surface area contributed by atoms with Gasteiger partial charge in [-0.25, -0.2) is 4.98 Å². The SMILES string of the molecule is CCCNc1ncc(Br)c(OCCOCC(C)C)n1. The summed E-state index contributed by atoms with van der Waals surface area (Å²) in [6, 6.07) is 0. The maximum absolute atomic E-state index is 5.58. The predicted molar refractivity (Wildman–Crippen MR) is 79.7 cm³/mol. The molecule has 1 heterocycles. The van der Waals surface area contributed by atoms with Crippen molar-refractivity contribution in [3.05, 3.63) is 10.7 Å². The van der Waals surface area contributed by atoms with Crippen LogP contribution in [0.2, 0.25) is 0 Å². The average molecular weight is 332 g/mol. The number of halogens is 1. The molecule has 0 saturated carbocycles. The maximum atomic E-state index is 5.58. The van der Waals surface area contributed by atoms with Gasteiger partial charge in [0.15, 0.2) is 0 Å². The van der Waals surface area contributed by atoms with Crippen LogP contribution in [0.5, 0.6) is 5.88 Å². The second-order valence-corrected chi connectivity index (χ2v) is 5.45. The van der Waals surface area contributed by atoms with Gasteiger partial charge >= 0.3 is 0 Å². The molecule has 0 saturated heterocycles. The molecule has 1 rings (SSSR count). The van der Waals surface area contributed by atoms with Crippen molar-refractivity contribution in [1.29, 1.82) is 0 Å². The Morgan fingerprint density at radius 2 is 2.16 bits per heavy atom. The Morgan fingerprint density at radius 1 is 1.37 bits per heavy atom. The highest BCUT2D eigenvalue weighted by Gasteiger charge is 2.06. The minimum atomic E-state index is 0.482.